The zero-order chi connectivity index (χ0) is 41.4. The summed E-state index contributed by atoms with van der Waals surface area (Å²) >= 11 is 0. The van der Waals surface area contributed by atoms with Gasteiger partial charge in [-0.15, -0.1) is 0 Å². The molecule has 13 rings (SSSR count). The Morgan fingerprint density at radius 2 is 0.762 bits per heavy atom. The van der Waals surface area contributed by atoms with E-state index >= 15 is 0 Å². The quantitative estimate of drug-likeness (QED) is 0.168. The largest absolute Gasteiger partial charge is 0.456 e. The number of fused-ring (bicyclic) bond motifs is 9. The number of aromatic nitrogens is 5. The second kappa shape index (κ2) is 14.0. The Bertz CT molecular complexity index is 3920. The Morgan fingerprint density at radius 3 is 1.49 bits per heavy atom. The van der Waals surface area contributed by atoms with Crippen LogP contribution in [0.4, 0.5) is 0 Å². The van der Waals surface area contributed by atoms with Gasteiger partial charge in [-0.1, -0.05) is 133 Å². The van der Waals surface area contributed by atoms with Crippen LogP contribution in [0, 0.1) is 0 Å². The lowest BCUT2D eigenvalue weighted by molar-refractivity contribution is 0.669. The van der Waals surface area contributed by atoms with Gasteiger partial charge in [0, 0.05) is 49.1 Å². The van der Waals surface area contributed by atoms with Crippen LogP contribution in [-0.4, -0.2) is 24.1 Å². The van der Waals surface area contributed by atoms with Gasteiger partial charge in [0.25, 0.3) is 0 Å². The van der Waals surface area contributed by atoms with Crippen LogP contribution < -0.4 is 0 Å². The molecule has 0 fully saturated rings. The van der Waals surface area contributed by atoms with Gasteiger partial charge >= 0.3 is 0 Å². The average molecular weight is 806 g/mol. The Labute approximate surface area is 361 Å². The molecule has 0 bridgehead atoms. The third-order valence-corrected chi connectivity index (χ3v) is 12.4. The van der Waals surface area contributed by atoms with Crippen molar-refractivity contribution in [1.82, 2.24) is 24.1 Å². The molecule has 6 heteroatoms. The van der Waals surface area contributed by atoms with E-state index in [0.717, 1.165) is 77.2 Å². The molecule has 13 aromatic rings. The number of para-hydroxylation sites is 4. The van der Waals surface area contributed by atoms with Crippen molar-refractivity contribution >= 4 is 65.6 Å². The molecule has 0 saturated carbocycles. The Hall–Kier alpha value is -8.61. The maximum atomic E-state index is 6.23. The van der Waals surface area contributed by atoms with E-state index in [1.807, 2.05) is 30.3 Å². The Balaban J connectivity index is 1.01. The minimum absolute atomic E-state index is 0.548. The highest BCUT2D eigenvalue weighted by atomic mass is 16.3. The molecule has 6 nitrogen and oxygen atoms in total. The van der Waals surface area contributed by atoms with E-state index in [4.69, 9.17) is 19.4 Å². The summed E-state index contributed by atoms with van der Waals surface area (Å²) in [6.07, 6.45) is 0. The molecule has 0 saturated heterocycles. The number of hydrogen-bond acceptors (Lipinski definition) is 4. The minimum Gasteiger partial charge on any atom is -0.456 e. The summed E-state index contributed by atoms with van der Waals surface area (Å²) in [6.45, 7) is 0. The lowest BCUT2D eigenvalue weighted by atomic mass is 10.0. The predicted molar refractivity (Wildman–Crippen MR) is 258 cm³/mol. The Morgan fingerprint density at radius 1 is 0.286 bits per heavy atom. The van der Waals surface area contributed by atoms with Crippen LogP contribution in [0.3, 0.4) is 0 Å². The fourth-order valence-electron chi connectivity index (χ4n) is 9.43. The van der Waals surface area contributed by atoms with E-state index in [-0.39, 0.29) is 0 Å². The third-order valence-electron chi connectivity index (χ3n) is 12.4. The first-order chi connectivity index (χ1) is 31.2. The fourth-order valence-corrected chi connectivity index (χ4v) is 9.43. The highest BCUT2D eigenvalue weighted by Crippen LogP contribution is 2.38. The second-order valence-corrected chi connectivity index (χ2v) is 16.0. The zero-order valence-electron chi connectivity index (χ0n) is 33.9. The van der Waals surface area contributed by atoms with E-state index in [2.05, 4.69) is 191 Å². The van der Waals surface area contributed by atoms with Crippen LogP contribution in [0.1, 0.15) is 0 Å². The smallest absolute Gasteiger partial charge is 0.238 e. The summed E-state index contributed by atoms with van der Waals surface area (Å²) in [5, 5.41) is 6.75. The van der Waals surface area contributed by atoms with Gasteiger partial charge in [-0.25, -0.2) is 4.98 Å². The molecular formula is C57H35N5O. The summed E-state index contributed by atoms with van der Waals surface area (Å²) in [5.41, 5.74) is 13.5. The van der Waals surface area contributed by atoms with Crippen LogP contribution in [-0.2, 0) is 0 Å². The minimum atomic E-state index is 0.548. The number of hydrogen-bond donors (Lipinski definition) is 0. The predicted octanol–water partition coefficient (Wildman–Crippen LogP) is 14.6. The highest BCUT2D eigenvalue weighted by molar-refractivity contribution is 6.12. The van der Waals surface area contributed by atoms with Gasteiger partial charge in [0.2, 0.25) is 5.95 Å². The number of benzene rings is 9. The first kappa shape index (κ1) is 35.2. The molecule has 0 spiro atoms. The van der Waals surface area contributed by atoms with E-state index in [9.17, 15) is 0 Å². The molecule has 9 aromatic carbocycles. The van der Waals surface area contributed by atoms with E-state index < -0.39 is 0 Å². The van der Waals surface area contributed by atoms with Crippen molar-refractivity contribution in [2.75, 3.05) is 0 Å². The van der Waals surface area contributed by atoms with Crippen LogP contribution in [0.2, 0.25) is 0 Å². The van der Waals surface area contributed by atoms with Gasteiger partial charge < -0.3 is 8.98 Å². The molecule has 0 unspecified atom stereocenters. The summed E-state index contributed by atoms with van der Waals surface area (Å²) in [4.78, 5) is 15.9. The molecule has 63 heavy (non-hydrogen) atoms. The van der Waals surface area contributed by atoms with E-state index in [1.54, 1.807) is 0 Å². The summed E-state index contributed by atoms with van der Waals surface area (Å²) in [7, 11) is 0. The lowest BCUT2D eigenvalue weighted by Crippen LogP contribution is -2.06. The molecule has 4 heterocycles. The molecular weight excluding hydrogens is 771 g/mol. The molecule has 0 aliphatic heterocycles. The third kappa shape index (κ3) is 5.69. The van der Waals surface area contributed by atoms with Crippen LogP contribution in [0.5, 0.6) is 0 Å². The monoisotopic (exact) mass is 805 g/mol. The molecule has 0 amide bonds. The van der Waals surface area contributed by atoms with Crippen molar-refractivity contribution in [3.8, 4) is 56.7 Å². The maximum absolute atomic E-state index is 6.23. The van der Waals surface area contributed by atoms with Crippen molar-refractivity contribution in [3.05, 3.63) is 212 Å². The number of nitrogens with zero attached hydrogens (tertiary/aromatic N) is 5. The van der Waals surface area contributed by atoms with E-state index in [1.165, 1.54) is 27.4 Å². The number of furan rings is 1. The SMILES string of the molecule is c1ccc(-c2ccc3c(c2)c2ccccc2n3-c2nc(-c3cccc(-c4ccc5c(c4)c4ccccc4n5-c4ccccc4)c3)nc(-c3ccc4oc5ccccc5c4c3)n2)cc1. The first-order valence-electron chi connectivity index (χ1n) is 21.2. The van der Waals surface area contributed by atoms with Crippen molar-refractivity contribution in [1.29, 1.82) is 0 Å². The molecule has 0 aliphatic rings. The van der Waals surface area contributed by atoms with Gasteiger partial charge in [-0.2, -0.15) is 9.97 Å². The summed E-state index contributed by atoms with van der Waals surface area (Å²) in [6, 6.07) is 74.6. The maximum Gasteiger partial charge on any atom is 0.238 e. The molecule has 294 valence electrons. The molecule has 0 atom stereocenters. The fraction of sp³-hybridized carbons (Fsp3) is 0. The van der Waals surface area contributed by atoms with Crippen LogP contribution in [0.15, 0.2) is 217 Å². The molecule has 0 aliphatic carbocycles. The standard InChI is InChI=1S/C57H35N5O/c1-3-14-36(15-4-1)38-26-30-52-47(33-38)44-21-8-11-24-50(44)62(52)57-59-55(58-56(60-57)41-28-31-54-48(35-41)45-22-9-12-25-53(45)63-54)40-17-13-16-37(32-40)39-27-29-51-46(34-39)43-20-7-10-23-49(43)61(51)42-18-5-2-6-19-42/h1-35H. The highest BCUT2D eigenvalue weighted by Gasteiger charge is 2.20. The van der Waals surface area contributed by atoms with Gasteiger partial charge in [0.15, 0.2) is 11.6 Å². The average Bonchev–Trinajstić information content (AvgIpc) is 4.01. The van der Waals surface area contributed by atoms with Crippen molar-refractivity contribution in [2.45, 2.75) is 0 Å². The second-order valence-electron chi connectivity index (χ2n) is 16.0. The lowest BCUT2D eigenvalue weighted by Gasteiger charge is -2.12. The topological polar surface area (TPSA) is 61.7 Å². The Kier molecular flexibility index (Phi) is 7.80. The number of rotatable bonds is 6. The molecule has 4 aromatic heterocycles. The first-order valence-corrected chi connectivity index (χ1v) is 21.2. The molecule has 0 N–H and O–H groups in total. The van der Waals surface area contributed by atoms with Crippen molar-refractivity contribution < 1.29 is 4.42 Å². The molecule has 0 radical (unpaired) electrons. The normalized spacial score (nSPS) is 11.8. The zero-order valence-corrected chi connectivity index (χ0v) is 33.9. The van der Waals surface area contributed by atoms with Crippen molar-refractivity contribution in [2.24, 2.45) is 0 Å². The van der Waals surface area contributed by atoms with Crippen molar-refractivity contribution in [3.63, 3.8) is 0 Å². The summed E-state index contributed by atoms with van der Waals surface area (Å²) < 4.78 is 10.8. The van der Waals surface area contributed by atoms with Gasteiger partial charge in [0.05, 0.1) is 22.1 Å². The van der Waals surface area contributed by atoms with Gasteiger partial charge in [0.1, 0.15) is 11.2 Å². The summed E-state index contributed by atoms with van der Waals surface area (Å²) in [5.74, 6) is 1.71. The van der Waals surface area contributed by atoms with Gasteiger partial charge in [-0.05, 0) is 101 Å². The van der Waals surface area contributed by atoms with Crippen LogP contribution >= 0.6 is 0 Å². The van der Waals surface area contributed by atoms with E-state index in [0.29, 0.717) is 17.6 Å². The van der Waals surface area contributed by atoms with Crippen LogP contribution in [0.25, 0.3) is 122 Å². The van der Waals surface area contributed by atoms with Gasteiger partial charge in [-0.3, -0.25) is 4.57 Å².